The second kappa shape index (κ2) is 6.05. The van der Waals surface area contributed by atoms with Gasteiger partial charge in [0.15, 0.2) is 0 Å². The zero-order chi connectivity index (χ0) is 13.9. The van der Waals surface area contributed by atoms with Gasteiger partial charge in [-0.3, -0.25) is 0 Å². The van der Waals surface area contributed by atoms with E-state index in [1.54, 1.807) is 11.3 Å². The van der Waals surface area contributed by atoms with Crippen LogP contribution in [0.3, 0.4) is 0 Å². The van der Waals surface area contributed by atoms with Crippen LogP contribution in [0.25, 0.3) is 0 Å². The van der Waals surface area contributed by atoms with Gasteiger partial charge in [-0.15, -0.1) is 11.3 Å². The predicted molar refractivity (Wildman–Crippen MR) is 85.2 cm³/mol. The molecule has 0 unspecified atom stereocenters. The van der Waals surface area contributed by atoms with E-state index in [2.05, 4.69) is 11.4 Å². The minimum absolute atomic E-state index is 0.567. The fraction of sp³-hybridized carbons (Fsp3) is 0.688. The van der Waals surface area contributed by atoms with Crippen molar-refractivity contribution in [2.45, 2.75) is 69.7 Å². The summed E-state index contributed by atoms with van der Waals surface area (Å²) in [4.78, 5) is 0.695. The number of thiophene rings is 1. The largest absolute Gasteiger partial charge is 0.397 e. The zero-order valence-electron chi connectivity index (χ0n) is 12.0. The van der Waals surface area contributed by atoms with Gasteiger partial charge < -0.3 is 11.1 Å². The molecule has 2 aliphatic rings. The average molecular weight is 289 g/mol. The van der Waals surface area contributed by atoms with Gasteiger partial charge >= 0.3 is 0 Å². The first kappa shape index (κ1) is 13.8. The summed E-state index contributed by atoms with van der Waals surface area (Å²) in [6, 6.07) is 2.82. The van der Waals surface area contributed by atoms with E-state index >= 15 is 0 Å². The Labute approximate surface area is 125 Å². The minimum Gasteiger partial charge on any atom is -0.397 e. The Hall–Kier alpha value is -1.21. The van der Waals surface area contributed by atoms with E-state index < -0.39 is 0 Å². The summed E-state index contributed by atoms with van der Waals surface area (Å²) in [5.41, 5.74) is 8.15. The van der Waals surface area contributed by atoms with E-state index in [9.17, 15) is 5.26 Å². The SMILES string of the molecule is N#Cc1sc(NC2CCCCCCC2)c(C2CC2)c1N. The molecule has 1 heterocycles. The molecule has 4 heteroatoms. The number of nitrogen functional groups attached to an aromatic ring is 1. The number of nitrogens with zero attached hydrogens (tertiary/aromatic N) is 1. The van der Waals surface area contributed by atoms with Gasteiger partial charge in [0.2, 0.25) is 0 Å². The van der Waals surface area contributed by atoms with Crippen molar-refractivity contribution < 1.29 is 0 Å². The van der Waals surface area contributed by atoms with Crippen LogP contribution in [0, 0.1) is 11.3 Å². The molecule has 3 rings (SSSR count). The number of rotatable bonds is 3. The van der Waals surface area contributed by atoms with Crippen LogP contribution in [0.15, 0.2) is 0 Å². The lowest BCUT2D eigenvalue weighted by Crippen LogP contribution is -2.20. The van der Waals surface area contributed by atoms with Crippen LogP contribution >= 0.6 is 11.3 Å². The molecule has 3 N–H and O–H groups in total. The summed E-state index contributed by atoms with van der Waals surface area (Å²) < 4.78 is 0. The molecule has 0 radical (unpaired) electrons. The maximum atomic E-state index is 9.20. The fourth-order valence-corrected chi connectivity index (χ4v) is 4.29. The highest BCUT2D eigenvalue weighted by Crippen LogP contribution is 2.51. The van der Waals surface area contributed by atoms with Gasteiger partial charge in [-0.05, 0) is 31.6 Å². The van der Waals surface area contributed by atoms with Crippen LogP contribution in [0.2, 0.25) is 0 Å². The van der Waals surface area contributed by atoms with Crippen LogP contribution in [0.5, 0.6) is 0 Å². The Morgan fingerprint density at radius 3 is 2.30 bits per heavy atom. The van der Waals surface area contributed by atoms with Crippen molar-refractivity contribution in [3.63, 3.8) is 0 Å². The third kappa shape index (κ3) is 2.93. The van der Waals surface area contributed by atoms with E-state index in [-0.39, 0.29) is 0 Å². The van der Waals surface area contributed by atoms with Crippen LogP contribution in [-0.4, -0.2) is 6.04 Å². The first-order valence-electron chi connectivity index (χ1n) is 7.88. The van der Waals surface area contributed by atoms with Crippen molar-refractivity contribution in [3.8, 4) is 6.07 Å². The average Bonchev–Trinajstić information content (AvgIpc) is 3.18. The minimum atomic E-state index is 0.567. The number of nitrogens with two attached hydrogens (primary N) is 1. The number of hydrogen-bond acceptors (Lipinski definition) is 4. The van der Waals surface area contributed by atoms with Crippen molar-refractivity contribution in [2.24, 2.45) is 0 Å². The Morgan fingerprint density at radius 2 is 1.70 bits per heavy atom. The van der Waals surface area contributed by atoms with Crippen LogP contribution in [0.1, 0.15) is 74.1 Å². The maximum absolute atomic E-state index is 9.20. The van der Waals surface area contributed by atoms with E-state index in [0.29, 0.717) is 16.8 Å². The lowest BCUT2D eigenvalue weighted by Gasteiger charge is -2.22. The summed E-state index contributed by atoms with van der Waals surface area (Å²) in [5, 5.41) is 14.1. The predicted octanol–water partition coefficient (Wildman–Crippen LogP) is 4.60. The van der Waals surface area contributed by atoms with Crippen molar-refractivity contribution in [1.29, 1.82) is 5.26 Å². The summed E-state index contributed by atoms with van der Waals surface area (Å²) >= 11 is 1.56. The molecule has 108 valence electrons. The monoisotopic (exact) mass is 289 g/mol. The number of hydrogen-bond donors (Lipinski definition) is 2. The molecule has 1 aromatic heterocycles. The highest BCUT2D eigenvalue weighted by molar-refractivity contribution is 7.17. The van der Waals surface area contributed by atoms with Gasteiger partial charge in [0.25, 0.3) is 0 Å². The summed E-state index contributed by atoms with van der Waals surface area (Å²) in [5.74, 6) is 0.601. The van der Waals surface area contributed by atoms with Gasteiger partial charge in [-0.1, -0.05) is 32.1 Å². The molecule has 0 aromatic carbocycles. The standard InChI is InChI=1S/C16H23N3S/c17-10-13-15(18)14(11-8-9-11)16(20-13)19-12-6-4-2-1-3-5-7-12/h11-12,19H,1-9,18H2. The maximum Gasteiger partial charge on any atom is 0.130 e. The molecule has 0 spiro atoms. The smallest absolute Gasteiger partial charge is 0.130 e. The number of anilines is 2. The lowest BCUT2D eigenvalue weighted by molar-refractivity contribution is 0.472. The van der Waals surface area contributed by atoms with Crippen molar-refractivity contribution >= 4 is 22.0 Å². The van der Waals surface area contributed by atoms with E-state index in [4.69, 9.17) is 5.73 Å². The van der Waals surface area contributed by atoms with E-state index in [0.717, 1.165) is 5.69 Å². The van der Waals surface area contributed by atoms with Gasteiger partial charge in [0.1, 0.15) is 10.9 Å². The van der Waals surface area contributed by atoms with Gasteiger partial charge in [-0.2, -0.15) is 5.26 Å². The third-order valence-corrected chi connectivity index (χ3v) is 5.57. The highest BCUT2D eigenvalue weighted by Gasteiger charge is 2.32. The zero-order valence-corrected chi connectivity index (χ0v) is 12.8. The first-order chi connectivity index (χ1) is 9.79. The van der Waals surface area contributed by atoms with Gasteiger partial charge in [0.05, 0.1) is 10.7 Å². The molecule has 1 aromatic rings. The van der Waals surface area contributed by atoms with Crippen molar-refractivity contribution in [3.05, 3.63) is 10.4 Å². The van der Waals surface area contributed by atoms with Crippen LogP contribution in [-0.2, 0) is 0 Å². The second-order valence-electron chi connectivity index (χ2n) is 6.16. The van der Waals surface area contributed by atoms with Crippen molar-refractivity contribution in [1.82, 2.24) is 0 Å². The van der Waals surface area contributed by atoms with Crippen LogP contribution < -0.4 is 11.1 Å². The molecule has 3 nitrogen and oxygen atoms in total. The Kier molecular flexibility index (Phi) is 4.16. The second-order valence-corrected chi connectivity index (χ2v) is 7.18. The topological polar surface area (TPSA) is 61.8 Å². The quantitative estimate of drug-likeness (QED) is 0.854. The Balaban J connectivity index is 1.77. The Bertz CT molecular complexity index is 503. The summed E-state index contributed by atoms with van der Waals surface area (Å²) in [6.07, 6.45) is 11.7. The highest BCUT2D eigenvalue weighted by atomic mass is 32.1. The molecule has 2 saturated carbocycles. The normalized spacial score (nSPS) is 20.9. The molecule has 0 amide bonds. The molecule has 0 bridgehead atoms. The molecule has 2 fully saturated rings. The summed E-state index contributed by atoms with van der Waals surface area (Å²) in [6.45, 7) is 0. The van der Waals surface area contributed by atoms with Gasteiger partial charge in [0, 0.05) is 11.6 Å². The van der Waals surface area contributed by atoms with E-state index in [1.165, 1.54) is 68.4 Å². The molecule has 0 saturated heterocycles. The third-order valence-electron chi connectivity index (χ3n) is 4.51. The summed E-state index contributed by atoms with van der Waals surface area (Å²) in [7, 11) is 0. The molecule has 20 heavy (non-hydrogen) atoms. The Morgan fingerprint density at radius 1 is 1.05 bits per heavy atom. The number of nitriles is 1. The first-order valence-corrected chi connectivity index (χ1v) is 8.70. The molecule has 0 aliphatic heterocycles. The molecular formula is C16H23N3S. The molecule has 2 aliphatic carbocycles. The lowest BCUT2D eigenvalue weighted by atomic mass is 9.96. The molecular weight excluding hydrogens is 266 g/mol. The van der Waals surface area contributed by atoms with Gasteiger partial charge in [-0.25, -0.2) is 0 Å². The van der Waals surface area contributed by atoms with Crippen molar-refractivity contribution in [2.75, 3.05) is 11.1 Å². The van der Waals surface area contributed by atoms with E-state index in [1.807, 2.05) is 0 Å². The molecule has 0 atom stereocenters. The van der Waals surface area contributed by atoms with Crippen LogP contribution in [0.4, 0.5) is 10.7 Å². The fourth-order valence-electron chi connectivity index (χ4n) is 3.21. The number of nitrogens with one attached hydrogen (secondary N) is 1.